The van der Waals surface area contributed by atoms with Gasteiger partial charge in [-0.1, -0.05) is 50.2 Å². The molecule has 2 amide bonds. The van der Waals surface area contributed by atoms with Gasteiger partial charge < -0.3 is 15.5 Å². The summed E-state index contributed by atoms with van der Waals surface area (Å²) in [5, 5.41) is 5.31. The summed E-state index contributed by atoms with van der Waals surface area (Å²) in [4.78, 5) is 25.8. The van der Waals surface area contributed by atoms with Gasteiger partial charge in [-0.15, -0.1) is 0 Å². The van der Waals surface area contributed by atoms with Crippen LogP contribution in [0.15, 0.2) is 48.5 Å². The van der Waals surface area contributed by atoms with Gasteiger partial charge in [0, 0.05) is 31.9 Å². The topological polar surface area (TPSA) is 61.4 Å². The Kier molecular flexibility index (Phi) is 6.69. The first kappa shape index (κ1) is 19.9. The molecule has 0 spiro atoms. The molecule has 0 aromatic heterocycles. The smallest absolute Gasteiger partial charge is 0.309 e. The summed E-state index contributed by atoms with van der Waals surface area (Å²) in [7, 11) is 0. The predicted octanol–water partition coefficient (Wildman–Crippen LogP) is 2.68. The molecule has 1 heterocycles. The van der Waals surface area contributed by atoms with Crippen LogP contribution in [0.1, 0.15) is 30.5 Å². The highest BCUT2D eigenvalue weighted by Crippen LogP contribution is 2.24. The van der Waals surface area contributed by atoms with Crippen LogP contribution in [0.5, 0.6) is 0 Å². The second-order valence-corrected chi connectivity index (χ2v) is 7.72. The number of benzene rings is 2. The molecule has 0 bridgehead atoms. The minimum atomic E-state index is -0.566. The van der Waals surface area contributed by atoms with Gasteiger partial charge in [0.15, 0.2) is 0 Å². The molecule has 1 aliphatic rings. The average Bonchev–Trinajstić information content (AvgIpc) is 2.72. The van der Waals surface area contributed by atoms with Crippen LogP contribution in [-0.2, 0) is 29.0 Å². The molecular formula is C23H29N3O2. The zero-order valence-corrected chi connectivity index (χ0v) is 16.7. The van der Waals surface area contributed by atoms with Crippen LogP contribution in [0, 0.1) is 5.92 Å². The van der Waals surface area contributed by atoms with E-state index in [0.717, 1.165) is 25.1 Å². The molecule has 0 aliphatic carbocycles. The van der Waals surface area contributed by atoms with Gasteiger partial charge in [-0.3, -0.25) is 9.59 Å². The Bertz CT molecular complexity index is 815. The number of nitrogens with zero attached hydrogens (tertiary/aromatic N) is 1. The first-order valence-electron chi connectivity index (χ1n) is 9.99. The van der Waals surface area contributed by atoms with Gasteiger partial charge in [0.1, 0.15) is 0 Å². The molecule has 1 aliphatic heterocycles. The zero-order chi connectivity index (χ0) is 19.9. The zero-order valence-electron chi connectivity index (χ0n) is 16.7. The molecular weight excluding hydrogens is 350 g/mol. The Hall–Kier alpha value is -2.82. The molecule has 2 aromatic rings. The lowest BCUT2D eigenvalue weighted by Gasteiger charge is -2.30. The third kappa shape index (κ3) is 5.35. The quantitative estimate of drug-likeness (QED) is 0.759. The number of rotatable bonds is 6. The van der Waals surface area contributed by atoms with E-state index in [9.17, 15) is 9.59 Å². The fourth-order valence-electron chi connectivity index (χ4n) is 3.37. The van der Waals surface area contributed by atoms with Crippen molar-refractivity contribution < 1.29 is 9.59 Å². The molecule has 3 rings (SSSR count). The average molecular weight is 380 g/mol. The fourth-order valence-corrected chi connectivity index (χ4v) is 3.37. The number of carbonyl (C=O) groups excluding carboxylic acids is 2. The molecule has 148 valence electrons. The lowest BCUT2D eigenvalue weighted by Crippen LogP contribution is -2.41. The Balaban J connectivity index is 1.46. The van der Waals surface area contributed by atoms with Crippen LogP contribution in [0.2, 0.25) is 0 Å². The minimum absolute atomic E-state index is 0.323. The lowest BCUT2D eigenvalue weighted by molar-refractivity contribution is -0.139. The number of carbonyl (C=O) groups is 2. The summed E-state index contributed by atoms with van der Waals surface area (Å²) >= 11 is 0. The third-order valence-electron chi connectivity index (χ3n) is 5.01. The molecule has 0 saturated heterocycles. The van der Waals surface area contributed by atoms with Crippen molar-refractivity contribution >= 4 is 17.5 Å². The number of hydrogen-bond donors (Lipinski definition) is 2. The highest BCUT2D eigenvalue weighted by atomic mass is 16.2. The van der Waals surface area contributed by atoms with Gasteiger partial charge in [-0.25, -0.2) is 0 Å². The first-order chi connectivity index (χ1) is 13.5. The SMILES string of the molecule is CC(C)CNC(=O)C(=O)NCCc1ccc(N2CCc3ccccc3C2)cc1. The van der Waals surface area contributed by atoms with E-state index >= 15 is 0 Å². The Morgan fingerprint density at radius 1 is 0.964 bits per heavy atom. The first-order valence-corrected chi connectivity index (χ1v) is 9.99. The maximum absolute atomic E-state index is 11.8. The van der Waals surface area contributed by atoms with Crippen LogP contribution >= 0.6 is 0 Å². The van der Waals surface area contributed by atoms with Crippen LogP contribution in [0.4, 0.5) is 5.69 Å². The molecule has 0 saturated carbocycles. The van der Waals surface area contributed by atoms with Gasteiger partial charge in [-0.05, 0) is 47.6 Å². The van der Waals surface area contributed by atoms with E-state index in [-0.39, 0.29) is 0 Å². The van der Waals surface area contributed by atoms with Crippen molar-refractivity contribution in [1.29, 1.82) is 0 Å². The molecule has 0 unspecified atom stereocenters. The monoisotopic (exact) mass is 379 g/mol. The molecule has 0 radical (unpaired) electrons. The Morgan fingerprint density at radius 3 is 2.36 bits per heavy atom. The largest absolute Gasteiger partial charge is 0.367 e. The summed E-state index contributed by atoms with van der Waals surface area (Å²) in [6, 6.07) is 17.1. The van der Waals surface area contributed by atoms with Crippen LogP contribution in [0.25, 0.3) is 0 Å². The summed E-state index contributed by atoms with van der Waals surface area (Å²) in [5.74, 6) is -0.803. The van der Waals surface area contributed by atoms with E-state index in [1.807, 2.05) is 13.8 Å². The van der Waals surface area contributed by atoms with E-state index in [1.165, 1.54) is 16.8 Å². The lowest BCUT2D eigenvalue weighted by atomic mass is 9.99. The minimum Gasteiger partial charge on any atom is -0.367 e. The normalized spacial score (nSPS) is 13.2. The number of hydrogen-bond acceptors (Lipinski definition) is 3. The van der Waals surface area contributed by atoms with E-state index in [1.54, 1.807) is 0 Å². The highest BCUT2D eigenvalue weighted by molar-refractivity contribution is 6.35. The molecule has 5 heteroatoms. The molecule has 0 atom stereocenters. The summed E-state index contributed by atoms with van der Waals surface area (Å²) in [6.07, 6.45) is 1.77. The van der Waals surface area contributed by atoms with Gasteiger partial charge in [-0.2, -0.15) is 0 Å². The Labute approximate surface area is 167 Å². The van der Waals surface area contributed by atoms with Gasteiger partial charge >= 0.3 is 11.8 Å². The maximum Gasteiger partial charge on any atom is 0.309 e. The fraction of sp³-hybridized carbons (Fsp3) is 0.391. The van der Waals surface area contributed by atoms with Crippen LogP contribution < -0.4 is 15.5 Å². The molecule has 0 fully saturated rings. The highest BCUT2D eigenvalue weighted by Gasteiger charge is 2.16. The maximum atomic E-state index is 11.8. The van der Waals surface area contributed by atoms with Crippen LogP contribution in [-0.4, -0.2) is 31.4 Å². The van der Waals surface area contributed by atoms with E-state index in [0.29, 0.717) is 25.4 Å². The van der Waals surface area contributed by atoms with Crippen molar-refractivity contribution in [2.24, 2.45) is 5.92 Å². The van der Waals surface area contributed by atoms with Crippen LogP contribution in [0.3, 0.4) is 0 Å². The van der Waals surface area contributed by atoms with Crippen molar-refractivity contribution in [3.05, 3.63) is 65.2 Å². The van der Waals surface area contributed by atoms with Gasteiger partial charge in [0.05, 0.1) is 0 Å². The summed E-state index contributed by atoms with van der Waals surface area (Å²) in [6.45, 7) is 6.91. The molecule has 5 nitrogen and oxygen atoms in total. The van der Waals surface area contributed by atoms with Gasteiger partial charge in [0.25, 0.3) is 0 Å². The van der Waals surface area contributed by atoms with E-state index < -0.39 is 11.8 Å². The number of anilines is 1. The van der Waals surface area contributed by atoms with Crippen molar-refractivity contribution in [3.8, 4) is 0 Å². The molecule has 2 N–H and O–H groups in total. The number of fused-ring (bicyclic) bond motifs is 1. The van der Waals surface area contributed by atoms with E-state index in [2.05, 4.69) is 64.1 Å². The Morgan fingerprint density at radius 2 is 1.64 bits per heavy atom. The summed E-state index contributed by atoms with van der Waals surface area (Å²) < 4.78 is 0. The predicted molar refractivity (Wildman–Crippen MR) is 112 cm³/mol. The van der Waals surface area contributed by atoms with E-state index in [4.69, 9.17) is 0 Å². The van der Waals surface area contributed by atoms with Gasteiger partial charge in [0.2, 0.25) is 0 Å². The van der Waals surface area contributed by atoms with Crippen molar-refractivity contribution in [1.82, 2.24) is 10.6 Å². The standard InChI is InChI=1S/C23H29N3O2/c1-17(2)15-25-23(28)22(27)24-13-11-18-7-9-21(10-8-18)26-14-12-19-5-3-4-6-20(19)16-26/h3-10,17H,11-16H2,1-2H3,(H,24,27)(H,25,28). The number of nitrogens with one attached hydrogen (secondary N) is 2. The number of amides is 2. The molecule has 28 heavy (non-hydrogen) atoms. The third-order valence-corrected chi connectivity index (χ3v) is 5.01. The van der Waals surface area contributed by atoms with Crippen molar-refractivity contribution in [3.63, 3.8) is 0 Å². The second kappa shape index (κ2) is 9.40. The van der Waals surface area contributed by atoms with Crippen molar-refractivity contribution in [2.45, 2.75) is 33.2 Å². The second-order valence-electron chi connectivity index (χ2n) is 7.72. The molecule has 2 aromatic carbocycles. The summed E-state index contributed by atoms with van der Waals surface area (Å²) in [5.41, 5.74) is 5.21. The van der Waals surface area contributed by atoms with Crippen molar-refractivity contribution in [2.75, 3.05) is 24.5 Å².